The van der Waals surface area contributed by atoms with Crippen molar-refractivity contribution in [2.24, 2.45) is 11.8 Å². The summed E-state index contributed by atoms with van der Waals surface area (Å²) in [4.78, 5) is 27.3. The Morgan fingerprint density at radius 2 is 1.85 bits per heavy atom. The molecule has 3 aliphatic heterocycles. The van der Waals surface area contributed by atoms with Gasteiger partial charge in [0.15, 0.2) is 0 Å². The van der Waals surface area contributed by atoms with Gasteiger partial charge in [0.1, 0.15) is 0 Å². The zero-order valence-corrected chi connectivity index (χ0v) is 20.0. The average Bonchev–Trinajstić information content (AvgIpc) is 3.43. The number of carbonyl (C=O) groups excluding carboxylic acids is 2. The van der Waals surface area contributed by atoms with E-state index in [1.165, 1.54) is 4.31 Å². The van der Waals surface area contributed by atoms with E-state index in [-0.39, 0.29) is 40.7 Å². The molecule has 1 aromatic rings. The lowest BCUT2D eigenvalue weighted by Crippen LogP contribution is -2.44. The molecular formula is C24H33N3O5S. The Morgan fingerprint density at radius 1 is 1.09 bits per heavy atom. The van der Waals surface area contributed by atoms with Gasteiger partial charge in [-0.05, 0) is 75.6 Å². The van der Waals surface area contributed by atoms with Crippen molar-refractivity contribution in [2.45, 2.75) is 68.9 Å². The molecule has 1 aromatic carbocycles. The number of ether oxygens (including phenoxy) is 1. The standard InChI is InChI=1S/C24H33N3O5S/c1-16-13-19-14-21(6-7-22(19)27(16)24(29)18-4-5-18)33(30,31)26-10-8-17(9-11-26)23(28)25-15-20-3-2-12-32-20/h6-7,14,16-18,20H,2-5,8-13,15H2,1H3,(H,25,28)/t16-,20-/m0/s1. The monoisotopic (exact) mass is 475 g/mol. The van der Waals surface area contributed by atoms with E-state index in [1.807, 2.05) is 11.8 Å². The Kier molecular flexibility index (Phi) is 6.22. The molecule has 3 fully saturated rings. The van der Waals surface area contributed by atoms with Gasteiger partial charge in [-0.2, -0.15) is 4.31 Å². The molecule has 8 nitrogen and oxygen atoms in total. The van der Waals surface area contributed by atoms with Gasteiger partial charge in [0, 0.05) is 49.8 Å². The molecule has 33 heavy (non-hydrogen) atoms. The molecular weight excluding hydrogens is 442 g/mol. The molecule has 5 rings (SSSR count). The minimum absolute atomic E-state index is 0.00510. The summed E-state index contributed by atoms with van der Waals surface area (Å²) in [5, 5.41) is 2.97. The first-order valence-corrected chi connectivity index (χ1v) is 13.6. The second-order valence-electron chi connectivity index (χ2n) is 9.88. The zero-order valence-electron chi connectivity index (χ0n) is 19.2. The van der Waals surface area contributed by atoms with Crippen LogP contribution >= 0.6 is 0 Å². The minimum atomic E-state index is -3.64. The summed E-state index contributed by atoms with van der Waals surface area (Å²) < 4.78 is 33.7. The van der Waals surface area contributed by atoms with Gasteiger partial charge >= 0.3 is 0 Å². The molecule has 2 amide bonds. The van der Waals surface area contributed by atoms with E-state index in [0.717, 1.165) is 43.5 Å². The fraction of sp³-hybridized carbons (Fsp3) is 0.667. The van der Waals surface area contributed by atoms with Crippen molar-refractivity contribution in [3.8, 4) is 0 Å². The van der Waals surface area contributed by atoms with Crippen LogP contribution in [0.2, 0.25) is 0 Å². The lowest BCUT2D eigenvalue weighted by atomic mass is 9.97. The van der Waals surface area contributed by atoms with Crippen LogP contribution in [0.5, 0.6) is 0 Å². The topological polar surface area (TPSA) is 96.0 Å². The minimum Gasteiger partial charge on any atom is -0.376 e. The Morgan fingerprint density at radius 3 is 2.52 bits per heavy atom. The second-order valence-corrected chi connectivity index (χ2v) is 11.8. The molecule has 1 N–H and O–H groups in total. The van der Waals surface area contributed by atoms with Gasteiger partial charge in [0.25, 0.3) is 0 Å². The van der Waals surface area contributed by atoms with Gasteiger partial charge in [-0.3, -0.25) is 9.59 Å². The molecule has 1 saturated carbocycles. The molecule has 0 spiro atoms. The van der Waals surface area contributed by atoms with E-state index in [9.17, 15) is 18.0 Å². The van der Waals surface area contributed by atoms with Gasteiger partial charge in [-0.25, -0.2) is 8.42 Å². The van der Waals surface area contributed by atoms with E-state index in [4.69, 9.17) is 4.74 Å². The number of piperidine rings is 1. The molecule has 0 unspecified atom stereocenters. The van der Waals surface area contributed by atoms with Crippen molar-refractivity contribution in [1.82, 2.24) is 9.62 Å². The van der Waals surface area contributed by atoms with Crippen LogP contribution in [0, 0.1) is 11.8 Å². The lowest BCUT2D eigenvalue weighted by molar-refractivity contribution is -0.126. The molecule has 0 radical (unpaired) electrons. The highest BCUT2D eigenvalue weighted by molar-refractivity contribution is 7.89. The molecule has 0 bridgehead atoms. The van der Waals surface area contributed by atoms with Crippen molar-refractivity contribution in [2.75, 3.05) is 31.1 Å². The first-order chi connectivity index (χ1) is 15.8. The van der Waals surface area contributed by atoms with Crippen molar-refractivity contribution in [3.63, 3.8) is 0 Å². The highest BCUT2D eigenvalue weighted by Gasteiger charge is 2.40. The van der Waals surface area contributed by atoms with Crippen LogP contribution in [-0.4, -0.2) is 62.9 Å². The second kappa shape index (κ2) is 9.00. The third-order valence-corrected chi connectivity index (χ3v) is 9.32. The summed E-state index contributed by atoms with van der Waals surface area (Å²) in [5.74, 6) is 0.123. The molecule has 3 heterocycles. The molecule has 2 saturated heterocycles. The van der Waals surface area contributed by atoms with E-state index < -0.39 is 10.0 Å². The number of sulfonamides is 1. The molecule has 2 atom stereocenters. The first kappa shape index (κ1) is 22.8. The van der Waals surface area contributed by atoms with Crippen molar-refractivity contribution in [1.29, 1.82) is 0 Å². The Balaban J connectivity index is 1.21. The summed E-state index contributed by atoms with van der Waals surface area (Å²) in [5.41, 5.74) is 1.76. The molecule has 9 heteroatoms. The predicted octanol–water partition coefficient (Wildman–Crippen LogP) is 2.07. The van der Waals surface area contributed by atoms with E-state index >= 15 is 0 Å². The largest absolute Gasteiger partial charge is 0.376 e. The van der Waals surface area contributed by atoms with Crippen LogP contribution in [0.3, 0.4) is 0 Å². The van der Waals surface area contributed by atoms with Crippen LogP contribution in [0.4, 0.5) is 5.69 Å². The fourth-order valence-corrected chi connectivity index (χ4v) is 6.82. The molecule has 4 aliphatic rings. The van der Waals surface area contributed by atoms with Gasteiger partial charge < -0.3 is 15.0 Å². The first-order valence-electron chi connectivity index (χ1n) is 12.2. The third kappa shape index (κ3) is 4.55. The number of hydrogen-bond acceptors (Lipinski definition) is 5. The Bertz CT molecular complexity index is 1020. The maximum atomic E-state index is 13.3. The smallest absolute Gasteiger partial charge is 0.243 e. The highest BCUT2D eigenvalue weighted by atomic mass is 32.2. The summed E-state index contributed by atoms with van der Waals surface area (Å²) >= 11 is 0. The van der Waals surface area contributed by atoms with Crippen LogP contribution < -0.4 is 10.2 Å². The van der Waals surface area contributed by atoms with Gasteiger partial charge in [-0.1, -0.05) is 0 Å². The van der Waals surface area contributed by atoms with Crippen LogP contribution in [-0.2, 0) is 30.8 Å². The Hall–Kier alpha value is -1.97. The average molecular weight is 476 g/mol. The number of amides is 2. The van der Waals surface area contributed by atoms with Crippen molar-refractivity contribution < 1.29 is 22.7 Å². The number of anilines is 1. The SMILES string of the molecule is C[C@H]1Cc2cc(S(=O)(=O)N3CCC(C(=O)NC[C@@H]4CCCO4)CC3)ccc2N1C(=O)C1CC1. The van der Waals surface area contributed by atoms with Gasteiger partial charge in [-0.15, -0.1) is 0 Å². The van der Waals surface area contributed by atoms with Crippen molar-refractivity contribution in [3.05, 3.63) is 23.8 Å². The molecule has 180 valence electrons. The number of carbonyl (C=O) groups is 2. The quantitative estimate of drug-likeness (QED) is 0.680. The maximum Gasteiger partial charge on any atom is 0.243 e. The summed E-state index contributed by atoms with van der Waals surface area (Å²) in [7, 11) is -3.64. The third-order valence-electron chi connectivity index (χ3n) is 7.42. The van der Waals surface area contributed by atoms with Crippen LogP contribution in [0.15, 0.2) is 23.1 Å². The fourth-order valence-electron chi connectivity index (χ4n) is 5.30. The van der Waals surface area contributed by atoms with Crippen LogP contribution in [0.25, 0.3) is 0 Å². The number of nitrogens with zero attached hydrogens (tertiary/aromatic N) is 2. The number of fused-ring (bicyclic) bond motifs is 1. The lowest BCUT2D eigenvalue weighted by Gasteiger charge is -2.31. The van der Waals surface area contributed by atoms with Crippen molar-refractivity contribution >= 4 is 27.5 Å². The van der Waals surface area contributed by atoms with Gasteiger partial charge in [0.05, 0.1) is 11.0 Å². The summed E-state index contributed by atoms with van der Waals surface area (Å²) in [6.45, 7) is 3.97. The maximum absolute atomic E-state index is 13.3. The number of hydrogen-bond donors (Lipinski definition) is 1. The molecule has 0 aromatic heterocycles. The number of benzene rings is 1. The zero-order chi connectivity index (χ0) is 23.2. The number of rotatable bonds is 6. The Labute approximate surface area is 195 Å². The van der Waals surface area contributed by atoms with Gasteiger partial charge in [0.2, 0.25) is 21.8 Å². The predicted molar refractivity (Wildman–Crippen MR) is 123 cm³/mol. The van der Waals surface area contributed by atoms with E-state index in [0.29, 0.717) is 38.9 Å². The van der Waals surface area contributed by atoms with E-state index in [1.54, 1.807) is 18.2 Å². The van der Waals surface area contributed by atoms with Crippen LogP contribution in [0.1, 0.15) is 51.0 Å². The normalized spacial score (nSPS) is 26.4. The number of nitrogens with one attached hydrogen (secondary N) is 1. The molecule has 1 aliphatic carbocycles. The summed E-state index contributed by atoms with van der Waals surface area (Å²) in [6.07, 6.45) is 5.72. The highest BCUT2D eigenvalue weighted by Crippen LogP contribution is 2.40. The van der Waals surface area contributed by atoms with E-state index in [2.05, 4.69) is 5.32 Å². The summed E-state index contributed by atoms with van der Waals surface area (Å²) in [6, 6.07) is 5.20.